The summed E-state index contributed by atoms with van der Waals surface area (Å²) >= 11 is 1.64. The Labute approximate surface area is 89.4 Å². The summed E-state index contributed by atoms with van der Waals surface area (Å²) < 4.78 is 0. The normalized spacial score (nSPS) is 20.8. The second-order valence-electron chi connectivity index (χ2n) is 2.91. The topological polar surface area (TPSA) is 35.9 Å². The molecule has 0 aliphatic carbocycles. The van der Waals surface area contributed by atoms with E-state index in [0.29, 0.717) is 6.54 Å². The molecule has 0 aromatic rings. The van der Waals surface area contributed by atoms with Crippen molar-refractivity contribution in [2.24, 2.45) is 4.99 Å². The molecule has 0 saturated carbocycles. The Morgan fingerprint density at radius 2 is 2.07 bits per heavy atom. The van der Waals surface area contributed by atoms with E-state index in [2.05, 4.69) is 4.99 Å². The van der Waals surface area contributed by atoms with Gasteiger partial charge >= 0.3 is 6.03 Å². The highest BCUT2D eigenvalue weighted by Crippen LogP contribution is 2.19. The maximum atomic E-state index is 11.8. The van der Waals surface area contributed by atoms with Crippen LogP contribution in [-0.4, -0.2) is 46.5 Å². The van der Waals surface area contributed by atoms with Gasteiger partial charge in [0.05, 0.1) is 5.88 Å². The molecule has 4 nitrogen and oxygen atoms in total. The Kier molecular flexibility index (Phi) is 4.25. The van der Waals surface area contributed by atoms with Crippen molar-refractivity contribution < 1.29 is 4.79 Å². The maximum absolute atomic E-state index is 11.8. The molecule has 1 heterocycles. The molecule has 1 aliphatic heterocycles. The molecule has 5 heteroatoms. The first kappa shape index (κ1) is 11.4. The minimum atomic E-state index is 0.0842. The van der Waals surface area contributed by atoms with E-state index in [-0.39, 0.29) is 6.03 Å². The lowest BCUT2D eigenvalue weighted by Crippen LogP contribution is -2.49. The quantitative estimate of drug-likeness (QED) is 0.720. The number of carbonyl (C=O) groups is 1. The van der Waals surface area contributed by atoms with Crippen molar-refractivity contribution >= 4 is 23.0 Å². The van der Waals surface area contributed by atoms with Crippen molar-refractivity contribution in [3.8, 4) is 0 Å². The molecule has 0 atom stereocenters. The highest BCUT2D eigenvalue weighted by Gasteiger charge is 2.28. The molecule has 0 aromatic heterocycles. The zero-order valence-electron chi connectivity index (χ0n) is 8.99. The Balaban J connectivity index is 2.77. The van der Waals surface area contributed by atoms with Gasteiger partial charge in [0.1, 0.15) is 0 Å². The van der Waals surface area contributed by atoms with Gasteiger partial charge in [-0.25, -0.2) is 4.79 Å². The molecule has 2 amide bonds. The molecule has 0 aromatic carbocycles. The fourth-order valence-electron chi connectivity index (χ4n) is 1.28. The summed E-state index contributed by atoms with van der Waals surface area (Å²) in [6.07, 6.45) is 0. The molecule has 0 radical (unpaired) electrons. The fourth-order valence-corrected chi connectivity index (χ4v) is 2.43. The summed E-state index contributed by atoms with van der Waals surface area (Å²) in [5, 5.41) is 0.865. The van der Waals surface area contributed by atoms with Crippen molar-refractivity contribution in [1.82, 2.24) is 9.80 Å². The van der Waals surface area contributed by atoms with Crippen LogP contribution in [0.5, 0.6) is 0 Å². The largest absolute Gasteiger partial charge is 0.326 e. The first-order valence-corrected chi connectivity index (χ1v) is 5.96. The number of carbonyl (C=O) groups excluding carboxylic acids is 1. The monoisotopic (exact) mass is 215 g/mol. The van der Waals surface area contributed by atoms with Gasteiger partial charge in [-0.2, -0.15) is 0 Å². The van der Waals surface area contributed by atoms with E-state index in [4.69, 9.17) is 0 Å². The fraction of sp³-hybridized carbons (Fsp3) is 0.778. The molecule has 1 saturated heterocycles. The van der Waals surface area contributed by atoms with Gasteiger partial charge in [-0.1, -0.05) is 11.8 Å². The van der Waals surface area contributed by atoms with Crippen molar-refractivity contribution in [1.29, 1.82) is 0 Å². The van der Waals surface area contributed by atoms with Gasteiger partial charge in [-0.05, 0) is 20.8 Å². The van der Waals surface area contributed by atoms with Gasteiger partial charge in [0.15, 0.2) is 5.17 Å². The molecule has 0 spiro atoms. The summed E-state index contributed by atoms with van der Waals surface area (Å²) in [4.78, 5) is 19.7. The zero-order valence-corrected chi connectivity index (χ0v) is 9.80. The number of thioether (sulfide) groups is 1. The Bertz CT molecular complexity index is 242. The number of amidine groups is 1. The highest BCUT2D eigenvalue weighted by molar-refractivity contribution is 8.13. The highest BCUT2D eigenvalue weighted by atomic mass is 32.2. The summed E-state index contributed by atoms with van der Waals surface area (Å²) in [7, 11) is 0. The number of aliphatic imine (C=N–C) groups is 1. The van der Waals surface area contributed by atoms with Crippen molar-refractivity contribution in [3.63, 3.8) is 0 Å². The van der Waals surface area contributed by atoms with Gasteiger partial charge < -0.3 is 4.90 Å². The van der Waals surface area contributed by atoms with Gasteiger partial charge in [0.2, 0.25) is 0 Å². The third-order valence-electron chi connectivity index (χ3n) is 2.07. The molecule has 1 aliphatic rings. The Morgan fingerprint density at radius 3 is 2.57 bits per heavy atom. The second kappa shape index (κ2) is 5.24. The van der Waals surface area contributed by atoms with E-state index in [0.717, 1.165) is 24.1 Å². The molecule has 0 unspecified atom stereocenters. The SMILES string of the molecule is CCN=C1SCN(CC)C(=O)N1CC. The van der Waals surface area contributed by atoms with E-state index < -0.39 is 0 Å². The summed E-state index contributed by atoms with van der Waals surface area (Å²) in [5.74, 6) is 0.727. The maximum Gasteiger partial charge on any atom is 0.326 e. The van der Waals surface area contributed by atoms with Crippen LogP contribution in [0.2, 0.25) is 0 Å². The van der Waals surface area contributed by atoms with Crippen molar-refractivity contribution in [2.45, 2.75) is 20.8 Å². The zero-order chi connectivity index (χ0) is 10.6. The van der Waals surface area contributed by atoms with E-state index in [1.165, 1.54) is 0 Å². The van der Waals surface area contributed by atoms with Crippen molar-refractivity contribution in [2.75, 3.05) is 25.5 Å². The molecule has 1 fully saturated rings. The van der Waals surface area contributed by atoms with Gasteiger partial charge in [-0.15, -0.1) is 0 Å². The number of hydrogen-bond donors (Lipinski definition) is 0. The van der Waals surface area contributed by atoms with Crippen LogP contribution in [0.3, 0.4) is 0 Å². The Hall–Kier alpha value is -0.710. The second-order valence-corrected chi connectivity index (χ2v) is 3.83. The smallest absolute Gasteiger partial charge is 0.315 e. The lowest BCUT2D eigenvalue weighted by atomic mass is 10.5. The molecule has 80 valence electrons. The number of amides is 2. The summed E-state index contributed by atoms with van der Waals surface area (Å²) in [5.41, 5.74) is 0. The van der Waals surface area contributed by atoms with Crippen LogP contribution in [0, 0.1) is 0 Å². The average molecular weight is 215 g/mol. The summed E-state index contributed by atoms with van der Waals surface area (Å²) in [6, 6.07) is 0.0842. The van der Waals surface area contributed by atoms with E-state index >= 15 is 0 Å². The predicted molar refractivity (Wildman–Crippen MR) is 60.6 cm³/mol. The molecular weight excluding hydrogens is 198 g/mol. The first-order valence-electron chi connectivity index (χ1n) is 4.98. The minimum absolute atomic E-state index is 0.0842. The van der Waals surface area contributed by atoms with Crippen LogP contribution in [0.15, 0.2) is 4.99 Å². The Morgan fingerprint density at radius 1 is 1.36 bits per heavy atom. The van der Waals surface area contributed by atoms with Crippen LogP contribution in [0.4, 0.5) is 4.79 Å². The average Bonchev–Trinajstić information content (AvgIpc) is 2.19. The number of rotatable bonds is 3. The van der Waals surface area contributed by atoms with Crippen LogP contribution in [0.25, 0.3) is 0 Å². The van der Waals surface area contributed by atoms with Crippen LogP contribution in [-0.2, 0) is 0 Å². The van der Waals surface area contributed by atoms with Crippen molar-refractivity contribution in [3.05, 3.63) is 0 Å². The third kappa shape index (κ3) is 2.20. The molecule has 0 N–H and O–H groups in total. The molecule has 14 heavy (non-hydrogen) atoms. The molecule has 1 rings (SSSR count). The molecular formula is C9H17N3OS. The predicted octanol–water partition coefficient (Wildman–Crippen LogP) is 1.83. The lowest BCUT2D eigenvalue weighted by molar-refractivity contribution is 0.186. The van der Waals surface area contributed by atoms with Crippen LogP contribution in [0.1, 0.15) is 20.8 Å². The standard InChI is InChI=1S/C9H17N3OS/c1-4-10-8-12(6-3)9(13)11(5-2)7-14-8/h4-7H2,1-3H3. The third-order valence-corrected chi connectivity index (χ3v) is 3.12. The van der Waals surface area contributed by atoms with Crippen LogP contribution < -0.4 is 0 Å². The van der Waals surface area contributed by atoms with E-state index in [1.807, 2.05) is 25.7 Å². The molecule has 0 bridgehead atoms. The number of hydrogen-bond acceptors (Lipinski definition) is 3. The van der Waals surface area contributed by atoms with E-state index in [1.54, 1.807) is 16.7 Å². The summed E-state index contributed by atoms with van der Waals surface area (Å²) in [6.45, 7) is 8.15. The minimum Gasteiger partial charge on any atom is -0.315 e. The van der Waals surface area contributed by atoms with Crippen LogP contribution >= 0.6 is 11.8 Å². The number of nitrogens with zero attached hydrogens (tertiary/aromatic N) is 3. The lowest BCUT2D eigenvalue weighted by Gasteiger charge is -2.34. The van der Waals surface area contributed by atoms with Gasteiger partial charge in [-0.3, -0.25) is 9.89 Å². The van der Waals surface area contributed by atoms with Gasteiger partial charge in [0, 0.05) is 19.6 Å². The first-order chi connectivity index (χ1) is 6.74. The van der Waals surface area contributed by atoms with Gasteiger partial charge in [0.25, 0.3) is 0 Å². The van der Waals surface area contributed by atoms with E-state index in [9.17, 15) is 4.79 Å². The number of urea groups is 1.